The van der Waals surface area contributed by atoms with Gasteiger partial charge in [0.05, 0.1) is 14.6 Å². The Kier molecular flexibility index (Phi) is 5.76. The molecule has 2 rings (SSSR count). The van der Waals surface area contributed by atoms with Crippen LogP contribution in [0.25, 0.3) is 0 Å². The number of nitro groups is 1. The maximum Gasteiger partial charge on any atom is 0.269 e. The monoisotopic (exact) mass is 413 g/mol. The lowest BCUT2D eigenvalue weighted by Crippen LogP contribution is -2.16. The van der Waals surface area contributed by atoms with E-state index in [0.29, 0.717) is 12.4 Å². The minimum atomic E-state index is -0.430. The molecular formula is C15H13Br2NO3. The van der Waals surface area contributed by atoms with Gasteiger partial charge in [-0.1, -0.05) is 62.2 Å². The normalized spacial score (nSPS) is 13.4. The van der Waals surface area contributed by atoms with Gasteiger partial charge in [-0.3, -0.25) is 10.1 Å². The Labute approximate surface area is 139 Å². The Morgan fingerprint density at radius 2 is 1.67 bits per heavy atom. The van der Waals surface area contributed by atoms with Crippen molar-refractivity contribution in [1.29, 1.82) is 0 Å². The van der Waals surface area contributed by atoms with Crippen molar-refractivity contribution in [2.24, 2.45) is 0 Å². The summed E-state index contributed by atoms with van der Waals surface area (Å²) in [6.07, 6.45) is 0. The second-order valence-corrected chi connectivity index (χ2v) is 6.55. The van der Waals surface area contributed by atoms with Crippen molar-refractivity contribution < 1.29 is 9.66 Å². The zero-order valence-corrected chi connectivity index (χ0v) is 14.2. The average molecular weight is 415 g/mol. The maximum atomic E-state index is 10.6. The van der Waals surface area contributed by atoms with Crippen LogP contribution in [-0.4, -0.2) is 16.4 Å². The minimum Gasteiger partial charge on any atom is -0.492 e. The number of halogens is 2. The lowest BCUT2D eigenvalue weighted by atomic mass is 10.1. The third kappa shape index (κ3) is 4.54. The van der Waals surface area contributed by atoms with Gasteiger partial charge in [-0.25, -0.2) is 0 Å². The molecule has 0 saturated carbocycles. The van der Waals surface area contributed by atoms with E-state index in [1.165, 1.54) is 12.1 Å². The van der Waals surface area contributed by atoms with Crippen LogP contribution < -0.4 is 4.74 Å². The fourth-order valence-corrected chi connectivity index (χ4v) is 2.67. The molecule has 110 valence electrons. The predicted molar refractivity (Wildman–Crippen MR) is 89.4 cm³/mol. The first-order valence-electron chi connectivity index (χ1n) is 6.28. The van der Waals surface area contributed by atoms with E-state index in [1.807, 2.05) is 30.3 Å². The van der Waals surface area contributed by atoms with E-state index >= 15 is 0 Å². The summed E-state index contributed by atoms with van der Waals surface area (Å²) in [6, 6.07) is 16.1. The molecule has 0 aliphatic rings. The molecule has 0 saturated heterocycles. The molecule has 0 fully saturated rings. The molecule has 2 aromatic rings. The molecule has 4 nitrogen and oxygen atoms in total. The van der Waals surface area contributed by atoms with Crippen molar-refractivity contribution in [3.8, 4) is 5.75 Å². The number of alkyl halides is 2. The summed E-state index contributed by atoms with van der Waals surface area (Å²) in [5.74, 6) is 0.609. The number of ether oxygens (including phenoxy) is 1. The summed E-state index contributed by atoms with van der Waals surface area (Å²) in [5, 5.41) is 10.6. The molecule has 0 aromatic heterocycles. The van der Waals surface area contributed by atoms with Gasteiger partial charge in [-0.2, -0.15) is 0 Å². The van der Waals surface area contributed by atoms with E-state index in [1.54, 1.807) is 12.1 Å². The fraction of sp³-hybridized carbons (Fsp3) is 0.200. The van der Waals surface area contributed by atoms with Crippen molar-refractivity contribution in [3.05, 3.63) is 70.3 Å². The van der Waals surface area contributed by atoms with Gasteiger partial charge in [0.15, 0.2) is 0 Å². The molecule has 0 unspecified atom stereocenters. The van der Waals surface area contributed by atoms with Crippen molar-refractivity contribution in [2.45, 2.75) is 9.65 Å². The molecule has 0 amide bonds. The van der Waals surface area contributed by atoms with Crippen LogP contribution in [0.3, 0.4) is 0 Å². The number of benzene rings is 2. The standard InChI is InChI=1S/C15H13Br2NO3/c16-14(15(17)11-4-2-1-3-5-11)10-21-13-8-6-12(7-9-13)18(19)20/h1-9,14-15H,10H2/t14-,15+/m1/s1. The number of non-ortho nitro benzene ring substituents is 1. The molecule has 0 spiro atoms. The molecule has 0 heterocycles. The van der Waals surface area contributed by atoms with E-state index in [-0.39, 0.29) is 15.3 Å². The van der Waals surface area contributed by atoms with Crippen LogP contribution in [0.4, 0.5) is 5.69 Å². The first kappa shape index (κ1) is 16.0. The third-order valence-corrected chi connectivity index (χ3v) is 5.56. The molecule has 21 heavy (non-hydrogen) atoms. The number of hydrogen-bond acceptors (Lipinski definition) is 3. The molecule has 0 aliphatic heterocycles. The number of nitrogens with zero attached hydrogens (tertiary/aromatic N) is 1. The second kappa shape index (κ2) is 7.56. The Morgan fingerprint density at radius 1 is 1.05 bits per heavy atom. The van der Waals surface area contributed by atoms with Gasteiger partial charge in [0, 0.05) is 12.1 Å². The van der Waals surface area contributed by atoms with E-state index in [9.17, 15) is 10.1 Å². The van der Waals surface area contributed by atoms with E-state index in [2.05, 4.69) is 31.9 Å². The van der Waals surface area contributed by atoms with Crippen LogP contribution in [0.15, 0.2) is 54.6 Å². The maximum absolute atomic E-state index is 10.6. The molecule has 0 aliphatic carbocycles. The zero-order chi connectivity index (χ0) is 15.2. The molecule has 2 aromatic carbocycles. The first-order valence-corrected chi connectivity index (χ1v) is 8.11. The first-order chi connectivity index (χ1) is 10.1. The Hall–Kier alpha value is -1.40. The highest BCUT2D eigenvalue weighted by Crippen LogP contribution is 2.31. The minimum absolute atomic E-state index is 0.0559. The van der Waals surface area contributed by atoms with Crippen molar-refractivity contribution in [3.63, 3.8) is 0 Å². The lowest BCUT2D eigenvalue weighted by molar-refractivity contribution is -0.384. The highest BCUT2D eigenvalue weighted by Gasteiger charge is 2.18. The van der Waals surface area contributed by atoms with Crippen molar-refractivity contribution in [2.75, 3.05) is 6.61 Å². The highest BCUT2D eigenvalue weighted by molar-refractivity contribution is 9.12. The summed E-state index contributed by atoms with van der Waals surface area (Å²) in [7, 11) is 0. The Morgan fingerprint density at radius 3 is 2.24 bits per heavy atom. The lowest BCUT2D eigenvalue weighted by Gasteiger charge is -2.17. The smallest absolute Gasteiger partial charge is 0.269 e. The predicted octanol–water partition coefficient (Wildman–Crippen LogP) is 4.87. The quantitative estimate of drug-likeness (QED) is 0.384. The van der Waals surface area contributed by atoms with Crippen LogP contribution in [0.5, 0.6) is 5.75 Å². The average Bonchev–Trinajstić information content (AvgIpc) is 2.53. The number of hydrogen-bond donors (Lipinski definition) is 0. The van der Waals surface area contributed by atoms with Crippen molar-refractivity contribution in [1.82, 2.24) is 0 Å². The van der Waals surface area contributed by atoms with E-state index in [4.69, 9.17) is 4.74 Å². The molecule has 2 atom stereocenters. The van der Waals surface area contributed by atoms with Crippen LogP contribution in [0.2, 0.25) is 0 Å². The fourth-order valence-electron chi connectivity index (χ4n) is 1.77. The highest BCUT2D eigenvalue weighted by atomic mass is 79.9. The summed E-state index contributed by atoms with van der Waals surface area (Å²) in [4.78, 5) is 10.3. The van der Waals surface area contributed by atoms with Gasteiger partial charge in [-0.15, -0.1) is 0 Å². The molecule has 0 bridgehead atoms. The molecule has 0 radical (unpaired) electrons. The topological polar surface area (TPSA) is 52.4 Å². The van der Waals surface area contributed by atoms with Crippen LogP contribution >= 0.6 is 31.9 Å². The van der Waals surface area contributed by atoms with Crippen LogP contribution in [0, 0.1) is 10.1 Å². The SMILES string of the molecule is O=[N+]([O-])c1ccc(OC[C@@H](Br)[C@@H](Br)c2ccccc2)cc1. The van der Waals surface area contributed by atoms with E-state index < -0.39 is 4.92 Å². The summed E-state index contributed by atoms with van der Waals surface area (Å²) in [6.45, 7) is 0.447. The van der Waals surface area contributed by atoms with Gasteiger partial charge in [0.1, 0.15) is 12.4 Å². The second-order valence-electron chi connectivity index (χ2n) is 4.39. The zero-order valence-electron chi connectivity index (χ0n) is 11.0. The summed E-state index contributed by atoms with van der Waals surface area (Å²) >= 11 is 7.23. The van der Waals surface area contributed by atoms with Gasteiger partial charge in [0.2, 0.25) is 0 Å². The molecule has 0 N–H and O–H groups in total. The molecular weight excluding hydrogens is 402 g/mol. The van der Waals surface area contributed by atoms with Crippen LogP contribution in [0.1, 0.15) is 10.4 Å². The van der Waals surface area contributed by atoms with E-state index in [0.717, 1.165) is 5.56 Å². The largest absolute Gasteiger partial charge is 0.492 e. The van der Waals surface area contributed by atoms with Gasteiger partial charge >= 0.3 is 0 Å². The van der Waals surface area contributed by atoms with Gasteiger partial charge in [-0.05, 0) is 17.7 Å². The number of nitro benzene ring substituents is 1. The van der Waals surface area contributed by atoms with Gasteiger partial charge < -0.3 is 4.74 Å². The Balaban J connectivity index is 1.91. The number of rotatable bonds is 6. The van der Waals surface area contributed by atoms with Crippen LogP contribution in [-0.2, 0) is 0 Å². The summed E-state index contributed by atoms with van der Waals surface area (Å²) in [5.41, 5.74) is 1.21. The van der Waals surface area contributed by atoms with Crippen molar-refractivity contribution >= 4 is 37.5 Å². The summed E-state index contributed by atoms with van der Waals surface area (Å²) < 4.78 is 5.65. The molecule has 6 heteroatoms. The Bertz CT molecular complexity index is 590. The third-order valence-electron chi connectivity index (χ3n) is 2.89. The van der Waals surface area contributed by atoms with Gasteiger partial charge in [0.25, 0.3) is 5.69 Å².